The van der Waals surface area contributed by atoms with Crippen LogP contribution in [0.3, 0.4) is 0 Å². The van der Waals surface area contributed by atoms with Gasteiger partial charge >= 0.3 is 0 Å². The lowest BCUT2D eigenvalue weighted by Crippen LogP contribution is -2.44. The molecular weight excluding hydrogens is 216 g/mol. The van der Waals surface area contributed by atoms with Crippen LogP contribution in [0.4, 0.5) is 0 Å². The van der Waals surface area contributed by atoms with E-state index in [0.717, 1.165) is 32.3 Å². The van der Waals surface area contributed by atoms with E-state index >= 15 is 0 Å². The van der Waals surface area contributed by atoms with Crippen molar-refractivity contribution in [1.29, 1.82) is 0 Å². The van der Waals surface area contributed by atoms with Crippen LogP contribution < -0.4 is 10.6 Å². The van der Waals surface area contributed by atoms with E-state index in [1.54, 1.807) is 0 Å². The maximum atomic E-state index is 12.1. The third kappa shape index (κ3) is 2.20. The zero-order chi connectivity index (χ0) is 11.9. The van der Waals surface area contributed by atoms with E-state index in [0.29, 0.717) is 18.6 Å². The normalized spacial score (nSPS) is 44.2. The van der Waals surface area contributed by atoms with Crippen LogP contribution in [0.15, 0.2) is 0 Å². The van der Waals surface area contributed by atoms with Gasteiger partial charge in [-0.2, -0.15) is 0 Å². The fourth-order valence-corrected chi connectivity index (χ4v) is 3.50. The number of ether oxygens (including phenoxy) is 1. The summed E-state index contributed by atoms with van der Waals surface area (Å²) in [5.74, 6) is 0.417. The molecule has 0 radical (unpaired) electrons. The van der Waals surface area contributed by atoms with E-state index in [1.807, 2.05) is 0 Å². The second kappa shape index (κ2) is 4.25. The summed E-state index contributed by atoms with van der Waals surface area (Å²) >= 11 is 0. The molecule has 4 unspecified atom stereocenters. The summed E-state index contributed by atoms with van der Waals surface area (Å²) in [4.78, 5) is 12.1. The summed E-state index contributed by atoms with van der Waals surface area (Å²) in [7, 11) is 0. The number of nitrogens with one attached hydrogen (secondary N) is 2. The highest BCUT2D eigenvalue weighted by Crippen LogP contribution is 2.33. The number of rotatable bonds is 3. The molecule has 0 saturated carbocycles. The number of amides is 1. The first-order chi connectivity index (χ1) is 8.16. The molecule has 17 heavy (non-hydrogen) atoms. The van der Waals surface area contributed by atoms with Crippen LogP contribution in [-0.2, 0) is 9.53 Å². The highest BCUT2D eigenvalue weighted by molar-refractivity contribution is 5.80. The molecule has 2 N–H and O–H groups in total. The van der Waals surface area contributed by atoms with Gasteiger partial charge in [0.25, 0.3) is 0 Å². The second-order valence-corrected chi connectivity index (χ2v) is 6.01. The van der Waals surface area contributed by atoms with Crippen molar-refractivity contribution < 1.29 is 9.53 Å². The Morgan fingerprint density at radius 2 is 2.41 bits per heavy atom. The van der Waals surface area contributed by atoms with Crippen LogP contribution in [0.2, 0.25) is 0 Å². The first-order valence-electron chi connectivity index (χ1n) is 6.84. The standard InChI is InChI=1S/C13H22N2O2/c1-13(5-2-6-17-13)8-14-12(16)10-7-9-3-4-11(10)15-9/h9-11,15H,2-8H2,1H3,(H,14,16). The van der Waals surface area contributed by atoms with E-state index in [4.69, 9.17) is 4.74 Å². The monoisotopic (exact) mass is 238 g/mol. The van der Waals surface area contributed by atoms with Crippen molar-refractivity contribution in [2.24, 2.45) is 5.92 Å². The summed E-state index contributed by atoms with van der Waals surface area (Å²) in [6.45, 7) is 3.60. The van der Waals surface area contributed by atoms with E-state index in [-0.39, 0.29) is 17.4 Å². The number of carbonyl (C=O) groups is 1. The third-order valence-corrected chi connectivity index (χ3v) is 4.57. The Bertz CT molecular complexity index is 313. The Morgan fingerprint density at radius 1 is 1.53 bits per heavy atom. The van der Waals surface area contributed by atoms with E-state index in [9.17, 15) is 4.79 Å². The summed E-state index contributed by atoms with van der Waals surface area (Å²) in [5.41, 5.74) is -0.124. The Balaban J connectivity index is 1.50. The molecule has 96 valence electrons. The van der Waals surface area contributed by atoms with Crippen LogP contribution >= 0.6 is 0 Å². The van der Waals surface area contributed by atoms with Crippen LogP contribution in [0.5, 0.6) is 0 Å². The topological polar surface area (TPSA) is 50.4 Å². The molecule has 0 aromatic heterocycles. The van der Waals surface area contributed by atoms with Gasteiger partial charge in [0.2, 0.25) is 5.91 Å². The van der Waals surface area contributed by atoms with Gasteiger partial charge in [-0.15, -0.1) is 0 Å². The van der Waals surface area contributed by atoms with Crippen molar-refractivity contribution in [3.05, 3.63) is 0 Å². The highest BCUT2D eigenvalue weighted by atomic mass is 16.5. The number of hydrogen-bond donors (Lipinski definition) is 2. The van der Waals surface area contributed by atoms with Crippen molar-refractivity contribution in [2.45, 2.75) is 56.7 Å². The van der Waals surface area contributed by atoms with Crippen molar-refractivity contribution in [3.63, 3.8) is 0 Å². The van der Waals surface area contributed by atoms with Gasteiger partial charge in [0, 0.05) is 25.2 Å². The number of hydrogen-bond acceptors (Lipinski definition) is 3. The van der Waals surface area contributed by atoms with E-state index in [2.05, 4.69) is 17.6 Å². The summed E-state index contributed by atoms with van der Waals surface area (Å²) in [6.07, 6.45) is 5.60. The predicted octanol–water partition coefficient (Wildman–Crippen LogP) is 0.812. The largest absolute Gasteiger partial charge is 0.373 e. The lowest BCUT2D eigenvalue weighted by molar-refractivity contribution is -0.126. The molecule has 0 aromatic rings. The van der Waals surface area contributed by atoms with Gasteiger partial charge in [-0.1, -0.05) is 0 Å². The Kier molecular flexibility index (Phi) is 2.87. The molecular formula is C13H22N2O2. The molecule has 3 aliphatic heterocycles. The molecule has 0 aromatic carbocycles. The SMILES string of the molecule is CC1(CNC(=O)C2CC3CCC2N3)CCCO1. The molecule has 3 rings (SSSR count). The minimum absolute atomic E-state index is 0.124. The fraction of sp³-hybridized carbons (Fsp3) is 0.923. The minimum Gasteiger partial charge on any atom is -0.373 e. The first-order valence-corrected chi connectivity index (χ1v) is 6.84. The summed E-state index contributed by atoms with van der Waals surface area (Å²) in [5, 5.41) is 6.59. The predicted molar refractivity (Wildman–Crippen MR) is 64.7 cm³/mol. The Morgan fingerprint density at radius 3 is 3.00 bits per heavy atom. The molecule has 3 fully saturated rings. The van der Waals surface area contributed by atoms with E-state index < -0.39 is 0 Å². The van der Waals surface area contributed by atoms with Crippen molar-refractivity contribution in [1.82, 2.24) is 10.6 Å². The lowest BCUT2D eigenvalue weighted by Gasteiger charge is -2.26. The highest BCUT2D eigenvalue weighted by Gasteiger charge is 2.43. The lowest BCUT2D eigenvalue weighted by atomic mass is 9.88. The van der Waals surface area contributed by atoms with Crippen LogP contribution in [0.1, 0.15) is 39.0 Å². The van der Waals surface area contributed by atoms with Gasteiger partial charge in [0.15, 0.2) is 0 Å². The van der Waals surface area contributed by atoms with Gasteiger partial charge in [0.05, 0.1) is 11.5 Å². The van der Waals surface area contributed by atoms with Gasteiger partial charge in [-0.05, 0) is 39.0 Å². The zero-order valence-electron chi connectivity index (χ0n) is 10.5. The molecule has 0 spiro atoms. The van der Waals surface area contributed by atoms with E-state index in [1.165, 1.54) is 6.42 Å². The smallest absolute Gasteiger partial charge is 0.224 e. The maximum absolute atomic E-state index is 12.1. The van der Waals surface area contributed by atoms with Gasteiger partial charge < -0.3 is 15.4 Å². The molecule has 2 bridgehead atoms. The second-order valence-electron chi connectivity index (χ2n) is 6.01. The molecule has 1 amide bonds. The third-order valence-electron chi connectivity index (χ3n) is 4.57. The maximum Gasteiger partial charge on any atom is 0.224 e. The summed E-state index contributed by atoms with van der Waals surface area (Å²) in [6, 6.07) is 1.02. The Hall–Kier alpha value is -0.610. The van der Waals surface area contributed by atoms with Gasteiger partial charge in [-0.3, -0.25) is 4.79 Å². The van der Waals surface area contributed by atoms with Crippen LogP contribution in [0.25, 0.3) is 0 Å². The minimum atomic E-state index is -0.124. The van der Waals surface area contributed by atoms with Gasteiger partial charge in [0.1, 0.15) is 0 Å². The average molecular weight is 238 g/mol. The molecule has 4 heteroatoms. The Labute approximate surface area is 102 Å². The molecule has 3 heterocycles. The molecule has 4 nitrogen and oxygen atoms in total. The zero-order valence-corrected chi connectivity index (χ0v) is 10.5. The summed E-state index contributed by atoms with van der Waals surface area (Å²) < 4.78 is 5.69. The van der Waals surface area contributed by atoms with Gasteiger partial charge in [-0.25, -0.2) is 0 Å². The quantitative estimate of drug-likeness (QED) is 0.765. The van der Waals surface area contributed by atoms with Crippen molar-refractivity contribution in [3.8, 4) is 0 Å². The average Bonchev–Trinajstić information content (AvgIpc) is 3.02. The number of carbonyl (C=O) groups excluding carboxylic acids is 1. The molecule has 3 saturated heterocycles. The molecule has 3 aliphatic rings. The van der Waals surface area contributed by atoms with Crippen molar-refractivity contribution >= 4 is 5.91 Å². The molecule has 4 atom stereocenters. The van der Waals surface area contributed by atoms with Crippen LogP contribution in [-0.4, -0.2) is 36.7 Å². The van der Waals surface area contributed by atoms with Crippen LogP contribution in [0, 0.1) is 5.92 Å². The molecule has 0 aliphatic carbocycles. The number of fused-ring (bicyclic) bond motifs is 2. The van der Waals surface area contributed by atoms with Crippen molar-refractivity contribution in [2.75, 3.05) is 13.2 Å². The first kappa shape index (κ1) is 11.5. The fourth-order valence-electron chi connectivity index (χ4n) is 3.50.